The molecule has 0 radical (unpaired) electrons. The van der Waals surface area contributed by atoms with Crippen molar-refractivity contribution < 1.29 is 4.74 Å². The zero-order valence-electron chi connectivity index (χ0n) is 10.6. The maximum atomic E-state index is 6.08. The van der Waals surface area contributed by atoms with Gasteiger partial charge in [0.25, 0.3) is 0 Å². The summed E-state index contributed by atoms with van der Waals surface area (Å²) < 4.78 is 6.08. The quantitative estimate of drug-likeness (QED) is 0.820. The van der Waals surface area contributed by atoms with Gasteiger partial charge in [0, 0.05) is 18.4 Å². The molecule has 1 N–H and O–H groups in total. The second-order valence-electron chi connectivity index (χ2n) is 5.27. The van der Waals surface area contributed by atoms with E-state index < -0.39 is 0 Å². The van der Waals surface area contributed by atoms with Crippen molar-refractivity contribution in [2.24, 2.45) is 5.92 Å². The Kier molecular flexibility index (Phi) is 4.57. The van der Waals surface area contributed by atoms with Crippen LogP contribution in [0.5, 0.6) is 0 Å². The third kappa shape index (κ3) is 2.74. The molecule has 16 heavy (non-hydrogen) atoms. The third-order valence-electron chi connectivity index (χ3n) is 4.14. The molecule has 0 amide bonds. The zero-order chi connectivity index (χ0) is 11.4. The molecule has 94 valence electrons. The number of thioether (sulfide) groups is 1. The highest BCUT2D eigenvalue weighted by Gasteiger charge is 2.41. The van der Waals surface area contributed by atoms with Crippen LogP contribution in [0.2, 0.25) is 0 Å². The molecule has 0 aromatic rings. The average molecular weight is 243 g/mol. The second-order valence-corrected chi connectivity index (χ2v) is 6.38. The fourth-order valence-corrected chi connectivity index (χ4v) is 4.58. The lowest BCUT2D eigenvalue weighted by molar-refractivity contribution is -0.0851. The van der Waals surface area contributed by atoms with E-state index >= 15 is 0 Å². The van der Waals surface area contributed by atoms with E-state index in [4.69, 9.17) is 4.74 Å². The summed E-state index contributed by atoms with van der Waals surface area (Å²) in [5.41, 5.74) is 0.246. The maximum absolute atomic E-state index is 6.08. The van der Waals surface area contributed by atoms with Crippen molar-refractivity contribution >= 4 is 11.8 Å². The van der Waals surface area contributed by atoms with Crippen LogP contribution >= 0.6 is 11.8 Å². The van der Waals surface area contributed by atoms with Gasteiger partial charge in [-0.05, 0) is 44.4 Å². The number of hydrogen-bond donors (Lipinski definition) is 1. The molecular weight excluding hydrogens is 218 g/mol. The smallest absolute Gasteiger partial charge is 0.0783 e. The molecule has 3 heteroatoms. The molecule has 0 aromatic heterocycles. The van der Waals surface area contributed by atoms with E-state index in [0.29, 0.717) is 6.04 Å². The predicted molar refractivity (Wildman–Crippen MR) is 71.1 cm³/mol. The molecule has 0 aromatic carbocycles. The molecule has 3 unspecified atom stereocenters. The highest BCUT2D eigenvalue weighted by Crippen LogP contribution is 2.41. The summed E-state index contributed by atoms with van der Waals surface area (Å²) in [7, 11) is 2.12. The Morgan fingerprint density at radius 1 is 1.56 bits per heavy atom. The van der Waals surface area contributed by atoms with Crippen molar-refractivity contribution in [2.45, 2.75) is 50.7 Å². The number of rotatable bonds is 4. The van der Waals surface area contributed by atoms with Gasteiger partial charge in [0.05, 0.1) is 5.60 Å². The van der Waals surface area contributed by atoms with Crippen LogP contribution in [0.4, 0.5) is 0 Å². The van der Waals surface area contributed by atoms with Gasteiger partial charge in [-0.1, -0.05) is 13.3 Å². The molecule has 0 aliphatic carbocycles. The topological polar surface area (TPSA) is 21.3 Å². The summed E-state index contributed by atoms with van der Waals surface area (Å²) in [4.78, 5) is 0. The number of hydrogen-bond acceptors (Lipinski definition) is 3. The predicted octanol–water partition coefficient (Wildman–Crippen LogP) is 2.68. The fourth-order valence-electron chi connectivity index (χ4n) is 3.20. The minimum absolute atomic E-state index is 0.246. The lowest BCUT2D eigenvalue weighted by Gasteiger charge is -2.41. The first-order chi connectivity index (χ1) is 7.79. The Balaban J connectivity index is 1.94. The molecule has 3 atom stereocenters. The normalized spacial score (nSPS) is 36.8. The van der Waals surface area contributed by atoms with Crippen LogP contribution in [0.25, 0.3) is 0 Å². The van der Waals surface area contributed by atoms with Gasteiger partial charge in [-0.3, -0.25) is 0 Å². The summed E-state index contributed by atoms with van der Waals surface area (Å²) in [5.74, 6) is 3.36. The van der Waals surface area contributed by atoms with Gasteiger partial charge in [-0.15, -0.1) is 0 Å². The van der Waals surface area contributed by atoms with Crippen LogP contribution in [0.3, 0.4) is 0 Å². The van der Waals surface area contributed by atoms with Crippen LogP contribution in [0.15, 0.2) is 0 Å². The van der Waals surface area contributed by atoms with Gasteiger partial charge in [-0.25, -0.2) is 0 Å². The first-order valence-corrected chi connectivity index (χ1v) is 7.84. The van der Waals surface area contributed by atoms with Crippen molar-refractivity contribution in [3.8, 4) is 0 Å². The Hall–Kier alpha value is 0.270. The summed E-state index contributed by atoms with van der Waals surface area (Å²) in [5, 5.41) is 3.52. The average Bonchev–Trinajstić information content (AvgIpc) is 2.74. The first kappa shape index (κ1) is 12.7. The summed E-state index contributed by atoms with van der Waals surface area (Å²) in [6, 6.07) is 0.705. The largest absolute Gasteiger partial charge is 0.374 e. The maximum Gasteiger partial charge on any atom is 0.0783 e. The summed E-state index contributed by atoms with van der Waals surface area (Å²) in [6.07, 6.45) is 6.40. The summed E-state index contributed by atoms with van der Waals surface area (Å²) in [6.45, 7) is 3.26. The molecule has 2 heterocycles. The molecule has 0 bridgehead atoms. The number of nitrogens with one attached hydrogen (secondary N) is 1. The van der Waals surface area contributed by atoms with Crippen LogP contribution in [-0.2, 0) is 4.74 Å². The van der Waals surface area contributed by atoms with E-state index in [-0.39, 0.29) is 5.60 Å². The van der Waals surface area contributed by atoms with Gasteiger partial charge >= 0.3 is 0 Å². The van der Waals surface area contributed by atoms with Crippen molar-refractivity contribution in [3.05, 3.63) is 0 Å². The van der Waals surface area contributed by atoms with Crippen molar-refractivity contribution in [3.63, 3.8) is 0 Å². The van der Waals surface area contributed by atoms with Gasteiger partial charge in [-0.2, -0.15) is 11.8 Å². The van der Waals surface area contributed by atoms with E-state index in [1.54, 1.807) is 0 Å². The van der Waals surface area contributed by atoms with Gasteiger partial charge < -0.3 is 10.1 Å². The minimum atomic E-state index is 0.246. The highest BCUT2D eigenvalue weighted by atomic mass is 32.2. The molecule has 0 saturated carbocycles. The molecule has 2 aliphatic heterocycles. The standard InChI is InChI=1S/C13H25NOS/c1-3-4-12(14-2)11-5-7-15-13(9-11)6-8-16-10-13/h11-12,14H,3-10H2,1-2H3. The molecule has 2 saturated heterocycles. The lowest BCUT2D eigenvalue weighted by Crippen LogP contribution is -2.46. The molecular formula is C13H25NOS. The van der Waals surface area contributed by atoms with Crippen LogP contribution in [0.1, 0.15) is 39.0 Å². The Morgan fingerprint density at radius 2 is 2.44 bits per heavy atom. The molecule has 1 spiro atoms. The summed E-state index contributed by atoms with van der Waals surface area (Å²) >= 11 is 2.07. The molecule has 2 nitrogen and oxygen atoms in total. The minimum Gasteiger partial charge on any atom is -0.374 e. The SMILES string of the molecule is CCCC(NC)C1CCOC2(CCSC2)C1. The monoisotopic (exact) mass is 243 g/mol. The van der Waals surface area contributed by atoms with Crippen LogP contribution in [0, 0.1) is 5.92 Å². The van der Waals surface area contributed by atoms with Gasteiger partial charge in [0.2, 0.25) is 0 Å². The number of ether oxygens (including phenoxy) is 1. The van der Waals surface area contributed by atoms with Gasteiger partial charge in [0.1, 0.15) is 0 Å². The van der Waals surface area contributed by atoms with E-state index in [2.05, 4.69) is 31.1 Å². The van der Waals surface area contributed by atoms with E-state index in [9.17, 15) is 0 Å². The van der Waals surface area contributed by atoms with Crippen molar-refractivity contribution in [1.82, 2.24) is 5.32 Å². The zero-order valence-corrected chi connectivity index (χ0v) is 11.4. The second kappa shape index (κ2) is 5.74. The molecule has 2 aliphatic rings. The fraction of sp³-hybridized carbons (Fsp3) is 1.00. The third-order valence-corrected chi connectivity index (χ3v) is 5.36. The Labute approximate surface area is 104 Å². The van der Waals surface area contributed by atoms with E-state index in [0.717, 1.165) is 12.5 Å². The Bertz CT molecular complexity index is 216. The van der Waals surface area contributed by atoms with Gasteiger partial charge in [0.15, 0.2) is 0 Å². The van der Waals surface area contributed by atoms with Crippen LogP contribution in [-0.4, -0.2) is 36.8 Å². The van der Waals surface area contributed by atoms with Crippen molar-refractivity contribution in [1.29, 1.82) is 0 Å². The molecule has 2 rings (SSSR count). The highest BCUT2D eigenvalue weighted by molar-refractivity contribution is 7.99. The Morgan fingerprint density at radius 3 is 3.06 bits per heavy atom. The first-order valence-electron chi connectivity index (χ1n) is 6.68. The molecule has 2 fully saturated rings. The van der Waals surface area contributed by atoms with Crippen molar-refractivity contribution in [2.75, 3.05) is 25.2 Å². The van der Waals surface area contributed by atoms with E-state index in [1.165, 1.54) is 43.6 Å². The van der Waals surface area contributed by atoms with E-state index in [1.807, 2.05) is 0 Å². The lowest BCUT2D eigenvalue weighted by atomic mass is 9.80. The van der Waals surface area contributed by atoms with Crippen LogP contribution < -0.4 is 5.32 Å².